The highest BCUT2D eigenvalue weighted by Crippen LogP contribution is 2.16. The van der Waals surface area contributed by atoms with Crippen LogP contribution in [0.3, 0.4) is 0 Å². The highest BCUT2D eigenvalue weighted by atomic mass is 35.5. The number of alkyl halides is 2. The Hall–Kier alpha value is -0.550. The first kappa shape index (κ1) is 14.5. The Kier molecular flexibility index (Phi) is 5.46. The number of hydrogen-bond acceptors (Lipinski definition) is 3. The van der Waals surface area contributed by atoms with E-state index in [1.165, 1.54) is 12.1 Å². The summed E-state index contributed by atoms with van der Waals surface area (Å²) in [6.07, 6.45) is 0.903. The van der Waals surface area contributed by atoms with Gasteiger partial charge >= 0.3 is 0 Å². The van der Waals surface area contributed by atoms with Crippen LogP contribution in [0, 0.1) is 0 Å². The third-order valence-corrected chi connectivity index (χ3v) is 4.07. The molecule has 1 aromatic carbocycles. The molecular weight excluding hydrogens is 283 g/mol. The van der Waals surface area contributed by atoms with Crippen LogP contribution in [0.5, 0.6) is 0 Å². The van der Waals surface area contributed by atoms with Gasteiger partial charge in [-0.1, -0.05) is 24.8 Å². The number of hydrogen-bond donors (Lipinski definition) is 0. The standard InChI is InChI=1S/C11H12Cl2O3S/c1-2-9-3-5-11(6-4-9)17(14,15)16-10(7-12)8-13/h2-6,10H,1,7-8H2. The highest BCUT2D eigenvalue weighted by molar-refractivity contribution is 7.86. The fourth-order valence-electron chi connectivity index (χ4n) is 1.10. The van der Waals surface area contributed by atoms with Crippen molar-refractivity contribution in [3.8, 4) is 0 Å². The van der Waals surface area contributed by atoms with Gasteiger partial charge in [-0.3, -0.25) is 4.18 Å². The van der Waals surface area contributed by atoms with Crippen LogP contribution in [-0.2, 0) is 14.3 Å². The summed E-state index contributed by atoms with van der Waals surface area (Å²) in [6, 6.07) is 6.18. The first-order valence-electron chi connectivity index (χ1n) is 4.81. The van der Waals surface area contributed by atoms with Gasteiger partial charge in [-0.25, -0.2) is 0 Å². The lowest BCUT2D eigenvalue weighted by Crippen LogP contribution is -2.21. The second-order valence-electron chi connectivity index (χ2n) is 3.25. The molecular formula is C11H12Cl2O3S. The molecule has 0 heterocycles. The lowest BCUT2D eigenvalue weighted by atomic mass is 10.2. The minimum absolute atomic E-state index is 0.0213. The van der Waals surface area contributed by atoms with Crippen molar-refractivity contribution < 1.29 is 12.6 Å². The van der Waals surface area contributed by atoms with Crippen molar-refractivity contribution in [2.24, 2.45) is 0 Å². The van der Waals surface area contributed by atoms with E-state index in [4.69, 9.17) is 27.4 Å². The van der Waals surface area contributed by atoms with E-state index >= 15 is 0 Å². The Morgan fingerprint density at radius 2 is 1.76 bits per heavy atom. The maximum Gasteiger partial charge on any atom is 0.297 e. The summed E-state index contributed by atoms with van der Waals surface area (Å²) in [5, 5.41) is 0. The molecule has 3 nitrogen and oxygen atoms in total. The zero-order chi connectivity index (χ0) is 12.9. The third kappa shape index (κ3) is 4.00. The van der Waals surface area contributed by atoms with E-state index in [1.807, 2.05) is 0 Å². The quantitative estimate of drug-likeness (QED) is 0.598. The van der Waals surface area contributed by atoms with Crippen LogP contribution in [0.25, 0.3) is 6.08 Å². The maximum absolute atomic E-state index is 11.8. The molecule has 0 aromatic heterocycles. The fourth-order valence-corrected chi connectivity index (χ4v) is 2.78. The second-order valence-corrected chi connectivity index (χ2v) is 5.44. The van der Waals surface area contributed by atoms with E-state index in [2.05, 4.69) is 6.58 Å². The molecule has 0 aliphatic heterocycles. The Bertz CT molecular complexity index is 464. The molecule has 1 rings (SSSR count). The Morgan fingerprint density at radius 3 is 2.18 bits per heavy atom. The molecule has 0 radical (unpaired) electrons. The average molecular weight is 295 g/mol. The lowest BCUT2D eigenvalue weighted by molar-refractivity contribution is 0.255. The molecule has 0 fully saturated rings. The molecule has 0 aliphatic carbocycles. The SMILES string of the molecule is C=Cc1ccc(S(=O)(=O)OC(CCl)CCl)cc1. The molecule has 0 spiro atoms. The zero-order valence-corrected chi connectivity index (χ0v) is 11.3. The Balaban J connectivity index is 2.92. The largest absolute Gasteiger partial charge is 0.297 e. The molecule has 0 unspecified atom stereocenters. The van der Waals surface area contributed by atoms with Crippen LogP contribution in [0.1, 0.15) is 5.56 Å². The Morgan fingerprint density at radius 1 is 1.24 bits per heavy atom. The van der Waals surface area contributed by atoms with Crippen LogP contribution in [-0.4, -0.2) is 26.3 Å². The van der Waals surface area contributed by atoms with Gasteiger partial charge in [-0.2, -0.15) is 8.42 Å². The van der Waals surface area contributed by atoms with Crippen molar-refractivity contribution in [2.75, 3.05) is 11.8 Å². The van der Waals surface area contributed by atoms with Crippen molar-refractivity contribution in [1.29, 1.82) is 0 Å². The van der Waals surface area contributed by atoms with Gasteiger partial charge in [0.2, 0.25) is 0 Å². The summed E-state index contributed by atoms with van der Waals surface area (Å²) >= 11 is 11.0. The van der Waals surface area contributed by atoms with E-state index < -0.39 is 16.2 Å². The van der Waals surface area contributed by atoms with Crippen molar-refractivity contribution >= 4 is 39.4 Å². The second kappa shape index (κ2) is 6.40. The molecule has 17 heavy (non-hydrogen) atoms. The van der Waals surface area contributed by atoms with Crippen molar-refractivity contribution in [2.45, 2.75) is 11.0 Å². The molecule has 1 aromatic rings. The van der Waals surface area contributed by atoms with Gasteiger partial charge in [0.25, 0.3) is 10.1 Å². The van der Waals surface area contributed by atoms with Crippen LogP contribution < -0.4 is 0 Å². The summed E-state index contributed by atoms with van der Waals surface area (Å²) in [6.45, 7) is 3.58. The molecule has 0 aliphatic rings. The van der Waals surface area contributed by atoms with Gasteiger partial charge in [0.05, 0.1) is 16.7 Å². The van der Waals surface area contributed by atoms with E-state index in [1.54, 1.807) is 18.2 Å². The van der Waals surface area contributed by atoms with Crippen LogP contribution in [0.15, 0.2) is 35.7 Å². The minimum atomic E-state index is -3.81. The van der Waals surface area contributed by atoms with Crippen LogP contribution in [0.4, 0.5) is 0 Å². The number of halogens is 2. The summed E-state index contributed by atoms with van der Waals surface area (Å²) in [5.74, 6) is 0.0426. The summed E-state index contributed by atoms with van der Waals surface area (Å²) in [4.78, 5) is 0.0725. The lowest BCUT2D eigenvalue weighted by Gasteiger charge is -2.11. The number of benzene rings is 1. The van der Waals surface area contributed by atoms with Gasteiger partial charge in [-0.15, -0.1) is 23.2 Å². The zero-order valence-electron chi connectivity index (χ0n) is 8.97. The van der Waals surface area contributed by atoms with E-state index in [9.17, 15) is 8.42 Å². The minimum Gasteiger partial charge on any atom is -0.260 e. The van der Waals surface area contributed by atoms with Gasteiger partial charge in [0.1, 0.15) is 6.10 Å². The van der Waals surface area contributed by atoms with Crippen molar-refractivity contribution in [1.82, 2.24) is 0 Å². The van der Waals surface area contributed by atoms with E-state index in [0.29, 0.717) is 0 Å². The molecule has 0 atom stereocenters. The van der Waals surface area contributed by atoms with Gasteiger partial charge < -0.3 is 0 Å². The normalized spacial score (nSPS) is 11.7. The predicted octanol–water partition coefficient (Wildman–Crippen LogP) is 2.88. The van der Waals surface area contributed by atoms with Crippen molar-refractivity contribution in [3.05, 3.63) is 36.4 Å². The molecule has 0 amide bonds. The Labute approximate surface area is 111 Å². The highest BCUT2D eigenvalue weighted by Gasteiger charge is 2.20. The van der Waals surface area contributed by atoms with Gasteiger partial charge in [0, 0.05) is 0 Å². The van der Waals surface area contributed by atoms with Crippen LogP contribution in [0.2, 0.25) is 0 Å². The van der Waals surface area contributed by atoms with Gasteiger partial charge in [-0.05, 0) is 17.7 Å². The summed E-state index contributed by atoms with van der Waals surface area (Å²) < 4.78 is 28.5. The topological polar surface area (TPSA) is 43.4 Å². The van der Waals surface area contributed by atoms with Gasteiger partial charge in [0.15, 0.2) is 0 Å². The molecule has 0 saturated carbocycles. The molecule has 0 saturated heterocycles. The van der Waals surface area contributed by atoms with E-state index in [0.717, 1.165) is 5.56 Å². The van der Waals surface area contributed by atoms with Crippen LogP contribution >= 0.6 is 23.2 Å². The first-order valence-corrected chi connectivity index (χ1v) is 7.29. The monoisotopic (exact) mass is 294 g/mol. The summed E-state index contributed by atoms with van der Waals surface area (Å²) in [7, 11) is -3.81. The maximum atomic E-state index is 11.8. The summed E-state index contributed by atoms with van der Waals surface area (Å²) in [5.41, 5.74) is 0.829. The molecule has 0 N–H and O–H groups in total. The molecule has 94 valence electrons. The smallest absolute Gasteiger partial charge is 0.260 e. The first-order chi connectivity index (χ1) is 8.03. The van der Waals surface area contributed by atoms with E-state index in [-0.39, 0.29) is 16.7 Å². The predicted molar refractivity (Wildman–Crippen MR) is 70.0 cm³/mol. The third-order valence-electron chi connectivity index (χ3n) is 2.01. The fraction of sp³-hybridized carbons (Fsp3) is 0.273. The van der Waals surface area contributed by atoms with Crippen molar-refractivity contribution in [3.63, 3.8) is 0 Å². The number of rotatable bonds is 6. The average Bonchev–Trinajstić information content (AvgIpc) is 2.36. The molecule has 6 heteroatoms. The molecule has 0 bridgehead atoms.